The van der Waals surface area contributed by atoms with Gasteiger partial charge in [0.2, 0.25) is 0 Å². The van der Waals surface area contributed by atoms with E-state index in [4.69, 9.17) is 18.8 Å². The third-order valence-electron chi connectivity index (χ3n) is 7.57. The van der Waals surface area contributed by atoms with Crippen molar-refractivity contribution in [2.24, 2.45) is 5.92 Å². The van der Waals surface area contributed by atoms with E-state index in [0.717, 1.165) is 18.4 Å². The lowest BCUT2D eigenvalue weighted by atomic mass is 9.75. The molecule has 0 aromatic heterocycles. The van der Waals surface area contributed by atoms with E-state index in [-0.39, 0.29) is 30.8 Å². The molecule has 0 spiro atoms. The second kappa shape index (κ2) is 10.5. The van der Waals surface area contributed by atoms with Crippen LogP contribution in [0.25, 0.3) is 0 Å². The molecule has 2 heterocycles. The molecular weight excluding hydrogens is 433 g/mol. The van der Waals surface area contributed by atoms with E-state index in [1.165, 1.54) is 7.11 Å². The van der Waals surface area contributed by atoms with Gasteiger partial charge in [0.15, 0.2) is 0 Å². The molecule has 34 heavy (non-hydrogen) atoms. The van der Waals surface area contributed by atoms with E-state index in [1.54, 1.807) is 11.0 Å². The summed E-state index contributed by atoms with van der Waals surface area (Å²) in [5.74, 6) is -0.508. The number of amides is 1. The molecule has 0 radical (unpaired) electrons. The molecule has 186 valence electrons. The number of rotatable bonds is 9. The first-order valence-electron chi connectivity index (χ1n) is 12.1. The lowest BCUT2D eigenvalue weighted by Gasteiger charge is -2.38. The molecular formula is C26H38BNO6. The minimum absolute atomic E-state index is 0.0790. The lowest BCUT2D eigenvalue weighted by molar-refractivity contribution is -0.155. The zero-order valence-electron chi connectivity index (χ0n) is 21.2. The van der Waals surface area contributed by atoms with Gasteiger partial charge < -0.3 is 18.8 Å². The van der Waals surface area contributed by atoms with Crippen molar-refractivity contribution in [1.29, 1.82) is 0 Å². The maximum absolute atomic E-state index is 13.1. The molecule has 0 unspecified atom stereocenters. The van der Waals surface area contributed by atoms with E-state index in [9.17, 15) is 9.59 Å². The highest BCUT2D eigenvalue weighted by Crippen LogP contribution is 2.44. The number of nitrogens with zero attached hydrogens (tertiary/aromatic N) is 1. The Kier molecular flexibility index (Phi) is 8.14. The van der Waals surface area contributed by atoms with Crippen LogP contribution in [-0.4, -0.2) is 54.5 Å². The molecule has 1 aromatic rings. The smallest absolute Gasteiger partial charge is 0.457 e. The Hall–Kier alpha value is -2.32. The number of carbonyl (C=O) groups excluding carboxylic acids is 2. The molecule has 0 bridgehead atoms. The van der Waals surface area contributed by atoms with Crippen molar-refractivity contribution in [2.45, 2.75) is 83.0 Å². The monoisotopic (exact) mass is 471 g/mol. The average molecular weight is 471 g/mol. The van der Waals surface area contributed by atoms with Crippen molar-refractivity contribution >= 4 is 19.2 Å². The van der Waals surface area contributed by atoms with Gasteiger partial charge in [-0.2, -0.15) is 0 Å². The number of ether oxygens (including phenoxy) is 2. The number of hydrogen-bond acceptors (Lipinski definition) is 6. The minimum Gasteiger partial charge on any atom is -0.467 e. The summed E-state index contributed by atoms with van der Waals surface area (Å²) in [6, 6.07) is 9.49. The summed E-state index contributed by atoms with van der Waals surface area (Å²) in [6.07, 6.45) is 4.41. The first kappa shape index (κ1) is 26.3. The third kappa shape index (κ3) is 5.18. The van der Waals surface area contributed by atoms with E-state index in [2.05, 4.69) is 6.58 Å². The second-order valence-corrected chi connectivity index (χ2v) is 10.2. The van der Waals surface area contributed by atoms with E-state index in [1.807, 2.05) is 58.0 Å². The van der Waals surface area contributed by atoms with Crippen molar-refractivity contribution in [3.63, 3.8) is 0 Å². The quantitative estimate of drug-likeness (QED) is 0.287. The van der Waals surface area contributed by atoms with Gasteiger partial charge in [-0.3, -0.25) is 4.90 Å². The van der Waals surface area contributed by atoms with Gasteiger partial charge in [-0.05, 0) is 64.8 Å². The Morgan fingerprint density at radius 2 is 1.82 bits per heavy atom. The summed E-state index contributed by atoms with van der Waals surface area (Å²) in [5.41, 5.74) is -0.979. The molecule has 2 aliphatic heterocycles. The van der Waals surface area contributed by atoms with Crippen LogP contribution < -0.4 is 0 Å². The molecule has 2 aliphatic rings. The molecule has 1 aromatic carbocycles. The predicted molar refractivity (Wildman–Crippen MR) is 131 cm³/mol. The number of likely N-dealkylation sites (tertiary alicyclic amines) is 1. The van der Waals surface area contributed by atoms with Crippen LogP contribution >= 0.6 is 0 Å². The summed E-state index contributed by atoms with van der Waals surface area (Å²) in [5, 5.41) is 0. The van der Waals surface area contributed by atoms with Crippen LogP contribution in [0.15, 0.2) is 43.0 Å². The fourth-order valence-electron chi connectivity index (χ4n) is 5.03. The lowest BCUT2D eigenvalue weighted by Crippen LogP contribution is -2.57. The largest absolute Gasteiger partial charge is 0.467 e. The highest BCUT2D eigenvalue weighted by Gasteiger charge is 2.57. The molecule has 2 fully saturated rings. The summed E-state index contributed by atoms with van der Waals surface area (Å²) >= 11 is 0. The van der Waals surface area contributed by atoms with Crippen LogP contribution in [0.3, 0.4) is 0 Å². The minimum atomic E-state index is -1.12. The summed E-state index contributed by atoms with van der Waals surface area (Å²) < 4.78 is 23.0. The standard InChI is InChI=1S/C26H38BNO6/c1-7-16-26(22(29)31-6)21(14-11-17-27-33-24(2,3)25(4,5)34-27)15-18-28(26)23(30)32-19-20-12-9-8-10-13-20/h7-10,12-13,21H,1,11,14-19H2,2-6H3/t21-,26+/m1/s1. The third-order valence-corrected chi connectivity index (χ3v) is 7.57. The molecule has 8 heteroatoms. The Labute approximate surface area is 203 Å². The zero-order chi connectivity index (χ0) is 25.0. The fourth-order valence-corrected chi connectivity index (χ4v) is 5.03. The normalized spacial score (nSPS) is 25.3. The van der Waals surface area contributed by atoms with Crippen LogP contribution in [0.2, 0.25) is 6.32 Å². The number of benzene rings is 1. The van der Waals surface area contributed by atoms with Crippen LogP contribution in [0.5, 0.6) is 0 Å². The molecule has 0 N–H and O–H groups in total. The molecule has 0 saturated carbocycles. The highest BCUT2D eigenvalue weighted by atomic mass is 16.7. The molecule has 0 aliphatic carbocycles. The van der Waals surface area contributed by atoms with Gasteiger partial charge in [-0.15, -0.1) is 6.58 Å². The Bertz CT molecular complexity index is 857. The van der Waals surface area contributed by atoms with Crippen molar-refractivity contribution in [2.75, 3.05) is 13.7 Å². The van der Waals surface area contributed by atoms with E-state index in [0.29, 0.717) is 25.7 Å². The first-order chi connectivity index (χ1) is 16.1. The van der Waals surface area contributed by atoms with Gasteiger partial charge in [0.25, 0.3) is 0 Å². The van der Waals surface area contributed by atoms with Gasteiger partial charge in [0, 0.05) is 6.54 Å². The van der Waals surface area contributed by atoms with Crippen LogP contribution in [-0.2, 0) is 30.2 Å². The van der Waals surface area contributed by atoms with Crippen molar-refractivity contribution in [1.82, 2.24) is 4.90 Å². The van der Waals surface area contributed by atoms with Gasteiger partial charge in [-0.1, -0.05) is 42.8 Å². The van der Waals surface area contributed by atoms with Crippen molar-refractivity contribution in [3.8, 4) is 0 Å². The Morgan fingerprint density at radius 1 is 1.18 bits per heavy atom. The van der Waals surface area contributed by atoms with Crippen LogP contribution in [0.1, 0.15) is 58.9 Å². The van der Waals surface area contributed by atoms with E-state index >= 15 is 0 Å². The van der Waals surface area contributed by atoms with Crippen molar-refractivity contribution in [3.05, 3.63) is 48.6 Å². The number of methoxy groups -OCH3 is 1. The van der Waals surface area contributed by atoms with Gasteiger partial charge >= 0.3 is 19.2 Å². The summed E-state index contributed by atoms with van der Waals surface area (Å²) in [4.78, 5) is 27.8. The fraction of sp³-hybridized carbons (Fsp3) is 0.615. The Morgan fingerprint density at radius 3 is 2.41 bits per heavy atom. The molecule has 7 nitrogen and oxygen atoms in total. The van der Waals surface area contributed by atoms with Crippen molar-refractivity contribution < 1.29 is 28.4 Å². The first-order valence-corrected chi connectivity index (χ1v) is 12.1. The number of hydrogen-bond donors (Lipinski definition) is 0. The Balaban J connectivity index is 1.69. The number of carbonyl (C=O) groups is 2. The van der Waals surface area contributed by atoms with Gasteiger partial charge in [0.05, 0.1) is 18.3 Å². The summed E-state index contributed by atoms with van der Waals surface area (Å²) in [7, 11) is 1.07. The van der Waals surface area contributed by atoms with Gasteiger partial charge in [0.1, 0.15) is 12.1 Å². The van der Waals surface area contributed by atoms with Gasteiger partial charge in [-0.25, -0.2) is 9.59 Å². The van der Waals surface area contributed by atoms with E-state index < -0.39 is 17.6 Å². The maximum atomic E-state index is 13.1. The predicted octanol–water partition coefficient (Wildman–Crippen LogP) is 5.01. The molecule has 2 atom stereocenters. The topological polar surface area (TPSA) is 74.3 Å². The second-order valence-electron chi connectivity index (χ2n) is 10.2. The highest BCUT2D eigenvalue weighted by molar-refractivity contribution is 6.45. The van der Waals surface area contributed by atoms with Crippen LogP contribution in [0, 0.1) is 5.92 Å². The summed E-state index contributed by atoms with van der Waals surface area (Å²) in [6.45, 7) is 12.6. The SMILES string of the molecule is C=CC[C@@]1(C(=O)OC)[C@H](CCCB2OC(C)(C)C(C)(C)O2)CCN1C(=O)OCc1ccccc1. The number of esters is 1. The zero-order valence-corrected chi connectivity index (χ0v) is 21.2. The maximum Gasteiger partial charge on any atom is 0.457 e. The average Bonchev–Trinajstić information content (AvgIpc) is 3.26. The molecule has 1 amide bonds. The molecule has 2 saturated heterocycles. The molecule has 3 rings (SSSR count). The van der Waals surface area contributed by atoms with Crippen LogP contribution in [0.4, 0.5) is 4.79 Å².